The second-order valence-corrected chi connectivity index (χ2v) is 8.90. The first-order chi connectivity index (χ1) is 8.96. The van der Waals surface area contributed by atoms with E-state index in [0.717, 1.165) is 0 Å². The van der Waals surface area contributed by atoms with Crippen molar-refractivity contribution in [2.24, 2.45) is 0 Å². The van der Waals surface area contributed by atoms with E-state index in [9.17, 15) is 4.79 Å². The Hall–Kier alpha value is -0.705. The Bertz CT molecular complexity index is 408. The molecule has 120 valence electrons. The second kappa shape index (κ2) is 4.64. The van der Waals surface area contributed by atoms with E-state index in [0.29, 0.717) is 0 Å². The third-order valence-electron chi connectivity index (χ3n) is 5.02. The molecule has 1 saturated heterocycles. The van der Waals surface area contributed by atoms with Crippen molar-refractivity contribution < 1.29 is 9.53 Å². The Labute approximate surface area is 131 Å². The summed E-state index contributed by atoms with van der Waals surface area (Å²) < 4.78 is 5.61. The number of piperazine rings is 1. The summed E-state index contributed by atoms with van der Waals surface area (Å²) >= 11 is 0. The molecule has 1 aliphatic heterocycles. The zero-order valence-corrected chi connectivity index (χ0v) is 15.3. The molecule has 0 bridgehead atoms. The van der Waals surface area contributed by atoms with Crippen molar-refractivity contribution in [3.63, 3.8) is 0 Å². The summed E-state index contributed by atoms with van der Waals surface area (Å²) in [5.74, 6) is 0. The highest BCUT2D eigenvalue weighted by Gasteiger charge is 2.60. The van der Waals surface area contributed by atoms with Crippen LogP contribution in [0.4, 0.5) is 4.79 Å². The van der Waals surface area contributed by atoms with Gasteiger partial charge in [0.05, 0.1) is 5.54 Å². The zero-order valence-electron chi connectivity index (χ0n) is 15.3. The summed E-state index contributed by atoms with van der Waals surface area (Å²) in [4.78, 5) is 14.5. The van der Waals surface area contributed by atoms with Crippen LogP contribution in [-0.4, -0.2) is 46.5 Å². The van der Waals surface area contributed by atoms with E-state index in [-0.39, 0.29) is 11.6 Å². The molecule has 4 nitrogen and oxygen atoms in total. The molecular formula is C16H31BN2O2. The van der Waals surface area contributed by atoms with Gasteiger partial charge in [0.15, 0.2) is 0 Å². The Balaban J connectivity index is 3.37. The molecule has 0 aromatic heterocycles. The van der Waals surface area contributed by atoms with Crippen molar-refractivity contribution >= 4 is 13.9 Å². The van der Waals surface area contributed by atoms with Crippen molar-refractivity contribution in [1.82, 2.24) is 10.2 Å². The molecule has 1 fully saturated rings. The van der Waals surface area contributed by atoms with E-state index in [4.69, 9.17) is 12.6 Å². The van der Waals surface area contributed by atoms with E-state index in [2.05, 4.69) is 19.2 Å². The summed E-state index contributed by atoms with van der Waals surface area (Å²) in [6, 6.07) is 0. The number of rotatable bonds is 0. The highest BCUT2D eigenvalue weighted by Crippen LogP contribution is 2.44. The summed E-state index contributed by atoms with van der Waals surface area (Å²) in [6.07, 6.45) is -0.375. The molecule has 21 heavy (non-hydrogen) atoms. The number of carbonyl (C=O) groups is 1. The van der Waals surface area contributed by atoms with Gasteiger partial charge in [-0.1, -0.05) is 0 Å². The third-order valence-corrected chi connectivity index (χ3v) is 5.02. The first-order valence-electron chi connectivity index (χ1n) is 7.57. The van der Waals surface area contributed by atoms with Gasteiger partial charge in [-0.15, -0.1) is 0 Å². The van der Waals surface area contributed by atoms with Gasteiger partial charge in [0, 0.05) is 16.5 Å². The molecule has 0 aromatic rings. The Morgan fingerprint density at radius 3 is 1.81 bits per heavy atom. The summed E-state index contributed by atoms with van der Waals surface area (Å²) in [6.45, 7) is 19.7. The molecule has 1 N–H and O–H groups in total. The lowest BCUT2D eigenvalue weighted by atomic mass is 9.58. The van der Waals surface area contributed by atoms with Crippen LogP contribution in [0, 0.1) is 0 Å². The quantitative estimate of drug-likeness (QED) is 0.698. The van der Waals surface area contributed by atoms with Crippen LogP contribution in [-0.2, 0) is 4.74 Å². The summed E-state index contributed by atoms with van der Waals surface area (Å²) in [5.41, 5.74) is -2.71. The first-order valence-corrected chi connectivity index (χ1v) is 7.57. The minimum atomic E-state index is -0.881. The normalized spacial score (nSPS) is 30.9. The van der Waals surface area contributed by atoms with E-state index < -0.39 is 22.1 Å². The Morgan fingerprint density at radius 1 is 1.00 bits per heavy atom. The van der Waals surface area contributed by atoms with Crippen molar-refractivity contribution in [2.45, 2.75) is 96.9 Å². The topological polar surface area (TPSA) is 41.6 Å². The van der Waals surface area contributed by atoms with Gasteiger partial charge >= 0.3 is 6.09 Å². The molecular weight excluding hydrogens is 263 g/mol. The maximum absolute atomic E-state index is 12.8. The van der Waals surface area contributed by atoms with Crippen LogP contribution in [0.5, 0.6) is 0 Å². The maximum atomic E-state index is 12.8. The minimum Gasteiger partial charge on any atom is -0.444 e. The van der Waals surface area contributed by atoms with Gasteiger partial charge in [-0.2, -0.15) is 0 Å². The fourth-order valence-electron chi connectivity index (χ4n) is 2.93. The number of nitrogens with one attached hydrogen (secondary N) is 1. The van der Waals surface area contributed by atoms with Crippen molar-refractivity contribution in [2.75, 3.05) is 0 Å². The van der Waals surface area contributed by atoms with E-state index >= 15 is 0 Å². The standard InChI is InChI=1S/C16H31BN2O2/c1-12(2,3)21-11(20)19-15(8,9)13(4,5)18-14(6,7)16(19,10)17/h18H,1-10H3. The smallest absolute Gasteiger partial charge is 0.410 e. The van der Waals surface area contributed by atoms with Crippen LogP contribution in [0.1, 0.15) is 69.2 Å². The number of hydrogen-bond acceptors (Lipinski definition) is 3. The van der Waals surface area contributed by atoms with Crippen LogP contribution < -0.4 is 5.32 Å². The van der Waals surface area contributed by atoms with Crippen LogP contribution in [0.15, 0.2) is 0 Å². The number of carbonyl (C=O) groups excluding carboxylic acids is 1. The largest absolute Gasteiger partial charge is 0.444 e. The molecule has 1 amide bonds. The zero-order chi connectivity index (χ0) is 17.1. The van der Waals surface area contributed by atoms with Crippen molar-refractivity contribution in [1.29, 1.82) is 0 Å². The predicted molar refractivity (Wildman–Crippen MR) is 87.6 cm³/mol. The Morgan fingerprint density at radius 2 is 1.43 bits per heavy atom. The van der Waals surface area contributed by atoms with Crippen molar-refractivity contribution in [3.8, 4) is 0 Å². The molecule has 0 aliphatic carbocycles. The molecule has 1 aliphatic rings. The van der Waals surface area contributed by atoms with Crippen LogP contribution >= 0.6 is 0 Å². The fourth-order valence-corrected chi connectivity index (χ4v) is 2.93. The van der Waals surface area contributed by atoms with Gasteiger partial charge in [0.1, 0.15) is 13.4 Å². The number of nitrogens with zero attached hydrogens (tertiary/aromatic N) is 1. The SMILES string of the molecule is [B]C1(C)N(C(=O)OC(C)(C)C)C(C)(C)C(C)(C)NC1(C)C. The fraction of sp³-hybridized carbons (Fsp3) is 0.938. The van der Waals surface area contributed by atoms with Gasteiger partial charge in [-0.3, -0.25) is 0 Å². The Kier molecular flexibility index (Phi) is 4.06. The molecule has 2 radical (unpaired) electrons. The van der Waals surface area contributed by atoms with Gasteiger partial charge in [0.2, 0.25) is 0 Å². The summed E-state index contributed by atoms with van der Waals surface area (Å²) in [5, 5.41) is 3.59. The summed E-state index contributed by atoms with van der Waals surface area (Å²) in [7, 11) is 6.58. The molecule has 1 rings (SSSR count). The van der Waals surface area contributed by atoms with E-state index in [1.165, 1.54) is 0 Å². The predicted octanol–water partition coefficient (Wildman–Crippen LogP) is 3.05. The number of ether oxygens (including phenoxy) is 1. The van der Waals surface area contributed by atoms with Gasteiger partial charge in [-0.25, -0.2) is 4.79 Å². The monoisotopic (exact) mass is 294 g/mol. The van der Waals surface area contributed by atoms with Crippen LogP contribution in [0.25, 0.3) is 0 Å². The average molecular weight is 294 g/mol. The van der Waals surface area contributed by atoms with Crippen molar-refractivity contribution in [3.05, 3.63) is 0 Å². The van der Waals surface area contributed by atoms with Gasteiger partial charge in [0.25, 0.3) is 0 Å². The molecule has 5 heteroatoms. The lowest BCUT2D eigenvalue weighted by Crippen LogP contribution is -2.85. The van der Waals surface area contributed by atoms with E-state index in [1.807, 2.05) is 55.4 Å². The molecule has 0 saturated carbocycles. The second-order valence-electron chi connectivity index (χ2n) is 8.90. The minimum absolute atomic E-state index is 0.313. The molecule has 1 atom stereocenters. The highest BCUT2D eigenvalue weighted by atomic mass is 16.6. The van der Waals surface area contributed by atoms with Crippen LogP contribution in [0.3, 0.4) is 0 Å². The number of amides is 1. The molecule has 0 spiro atoms. The lowest BCUT2D eigenvalue weighted by molar-refractivity contribution is -0.0980. The lowest BCUT2D eigenvalue weighted by Gasteiger charge is -2.67. The number of hydrogen-bond donors (Lipinski definition) is 1. The highest BCUT2D eigenvalue weighted by molar-refractivity contribution is 6.17. The molecule has 0 aromatic carbocycles. The first kappa shape index (κ1) is 18.3. The van der Waals surface area contributed by atoms with Crippen LogP contribution in [0.2, 0.25) is 0 Å². The van der Waals surface area contributed by atoms with Gasteiger partial charge in [-0.05, 0) is 69.2 Å². The maximum Gasteiger partial charge on any atom is 0.410 e. The molecule has 1 heterocycles. The third kappa shape index (κ3) is 2.94. The van der Waals surface area contributed by atoms with E-state index in [1.54, 1.807) is 4.90 Å². The van der Waals surface area contributed by atoms with Gasteiger partial charge < -0.3 is 15.0 Å². The average Bonchev–Trinajstić information content (AvgIpc) is 2.08. The molecule has 1 unspecified atom stereocenters.